The first-order chi connectivity index (χ1) is 11.1. The molecule has 140 valence electrons. The van der Waals surface area contributed by atoms with E-state index in [2.05, 4.69) is 34.1 Å². The minimum absolute atomic E-state index is 0. The maximum atomic E-state index is 8.95. The largest absolute Gasteiger partial charge is 0.395 e. The van der Waals surface area contributed by atoms with E-state index in [0.717, 1.165) is 44.1 Å². The van der Waals surface area contributed by atoms with Crippen molar-refractivity contribution in [2.75, 3.05) is 44.2 Å². The van der Waals surface area contributed by atoms with E-state index in [0.29, 0.717) is 0 Å². The molecule has 2 N–H and O–H groups in total. The number of piperazine rings is 1. The van der Waals surface area contributed by atoms with E-state index in [1.165, 1.54) is 5.39 Å². The number of hydrogen-bond acceptors (Lipinski definition) is 6. The molecule has 0 atom stereocenters. The second-order valence-corrected chi connectivity index (χ2v) is 5.15. The lowest BCUT2D eigenvalue weighted by Crippen LogP contribution is -2.47. The average molecular weight is 393 g/mol. The summed E-state index contributed by atoms with van der Waals surface area (Å²) >= 11 is 0. The maximum absolute atomic E-state index is 8.95. The molecule has 0 bridgehead atoms. The topological polar surface area (TPSA) is 103 Å². The SMILES string of the molecule is Cl.Cl.O=[N+]([O-])O.OCCN1CCN(c2ccc3ccccc3n2)CC1. The third-order valence-corrected chi connectivity index (χ3v) is 3.70. The highest BCUT2D eigenvalue weighted by Crippen LogP contribution is 2.19. The Kier molecular flexibility index (Phi) is 10.8. The first-order valence-corrected chi connectivity index (χ1v) is 7.37. The van der Waals surface area contributed by atoms with Crippen molar-refractivity contribution in [3.63, 3.8) is 0 Å². The Morgan fingerprint density at radius 1 is 1.08 bits per heavy atom. The van der Waals surface area contributed by atoms with Crippen molar-refractivity contribution in [1.29, 1.82) is 0 Å². The second kappa shape index (κ2) is 11.6. The van der Waals surface area contributed by atoms with Gasteiger partial charge < -0.3 is 15.2 Å². The van der Waals surface area contributed by atoms with E-state index in [-0.39, 0.29) is 31.4 Å². The quantitative estimate of drug-likeness (QED) is 0.606. The number of aliphatic hydroxyl groups is 1. The maximum Gasteiger partial charge on any atom is 0.291 e. The van der Waals surface area contributed by atoms with Crippen LogP contribution in [0.2, 0.25) is 0 Å². The molecule has 2 aromatic rings. The van der Waals surface area contributed by atoms with Crippen LogP contribution in [0.15, 0.2) is 36.4 Å². The number of halogens is 2. The monoisotopic (exact) mass is 392 g/mol. The molecule has 1 saturated heterocycles. The molecule has 0 spiro atoms. The number of anilines is 1. The van der Waals surface area contributed by atoms with Crippen LogP contribution in [0.1, 0.15) is 0 Å². The number of β-amino-alcohol motifs (C(OH)–C–C–N with tert-alkyl or cyclic N) is 1. The second-order valence-electron chi connectivity index (χ2n) is 5.15. The molecule has 25 heavy (non-hydrogen) atoms. The molecule has 10 heteroatoms. The van der Waals surface area contributed by atoms with Gasteiger partial charge in [-0.2, -0.15) is 0 Å². The van der Waals surface area contributed by atoms with Gasteiger partial charge in [-0.05, 0) is 18.2 Å². The van der Waals surface area contributed by atoms with Crippen LogP contribution in [-0.2, 0) is 0 Å². The van der Waals surface area contributed by atoms with Crippen LogP contribution >= 0.6 is 24.8 Å². The lowest BCUT2D eigenvalue weighted by molar-refractivity contribution is -0.742. The normalized spacial score (nSPS) is 13.9. The lowest BCUT2D eigenvalue weighted by Gasteiger charge is -2.35. The molecule has 0 amide bonds. The Bertz CT molecular complexity index is 650. The van der Waals surface area contributed by atoms with Crippen molar-refractivity contribution in [2.45, 2.75) is 0 Å². The minimum Gasteiger partial charge on any atom is -0.395 e. The summed E-state index contributed by atoms with van der Waals surface area (Å²) in [4.78, 5) is 17.7. The van der Waals surface area contributed by atoms with Gasteiger partial charge in [0.25, 0.3) is 5.09 Å². The van der Waals surface area contributed by atoms with Gasteiger partial charge in [-0.15, -0.1) is 34.9 Å². The number of para-hydroxylation sites is 1. The van der Waals surface area contributed by atoms with E-state index in [9.17, 15) is 0 Å². The third kappa shape index (κ3) is 7.27. The van der Waals surface area contributed by atoms with Gasteiger partial charge in [0.1, 0.15) is 5.82 Å². The van der Waals surface area contributed by atoms with E-state index in [4.69, 9.17) is 25.4 Å². The summed E-state index contributed by atoms with van der Waals surface area (Å²) in [5.41, 5.74) is 1.05. The number of hydrogen-bond donors (Lipinski definition) is 2. The smallest absolute Gasteiger partial charge is 0.291 e. The summed E-state index contributed by atoms with van der Waals surface area (Å²) in [6.45, 7) is 4.97. The Morgan fingerprint density at radius 2 is 1.68 bits per heavy atom. The number of rotatable bonds is 3. The predicted octanol–water partition coefficient (Wildman–Crippen LogP) is 1.85. The molecule has 1 aliphatic heterocycles. The van der Waals surface area contributed by atoms with Crippen LogP contribution in [-0.4, -0.2) is 64.6 Å². The number of aromatic nitrogens is 1. The highest BCUT2D eigenvalue weighted by molar-refractivity contribution is 5.85. The Balaban J connectivity index is 0.000000874. The van der Waals surface area contributed by atoms with Crippen molar-refractivity contribution >= 4 is 41.5 Å². The number of pyridine rings is 1. The number of aliphatic hydroxyl groups excluding tert-OH is 1. The lowest BCUT2D eigenvalue weighted by atomic mass is 10.2. The summed E-state index contributed by atoms with van der Waals surface area (Å²) in [6, 6.07) is 12.4. The summed E-state index contributed by atoms with van der Waals surface area (Å²) in [6.07, 6.45) is 0. The molecular formula is C15H22Cl2N4O4. The first-order valence-electron chi connectivity index (χ1n) is 7.37. The van der Waals surface area contributed by atoms with E-state index < -0.39 is 5.09 Å². The van der Waals surface area contributed by atoms with Crippen LogP contribution in [0.4, 0.5) is 5.82 Å². The third-order valence-electron chi connectivity index (χ3n) is 3.70. The standard InChI is InChI=1S/C15H19N3O.2ClH.HNO3/c19-12-11-17-7-9-18(10-8-17)15-6-5-13-3-1-2-4-14(13)16-15;;;2-1(3)4/h1-6,19H,7-12H2;2*1H;(H,2,3,4). The molecule has 1 aromatic carbocycles. The highest BCUT2D eigenvalue weighted by atomic mass is 35.5. The van der Waals surface area contributed by atoms with Gasteiger partial charge in [0.2, 0.25) is 0 Å². The molecule has 1 aromatic heterocycles. The molecule has 2 heterocycles. The zero-order chi connectivity index (χ0) is 16.7. The fourth-order valence-electron chi connectivity index (χ4n) is 2.57. The van der Waals surface area contributed by atoms with Crippen LogP contribution in [0.25, 0.3) is 10.9 Å². The van der Waals surface area contributed by atoms with Gasteiger partial charge in [0.05, 0.1) is 12.1 Å². The molecule has 0 unspecified atom stereocenters. The van der Waals surface area contributed by atoms with Gasteiger partial charge >= 0.3 is 0 Å². The highest BCUT2D eigenvalue weighted by Gasteiger charge is 2.17. The van der Waals surface area contributed by atoms with E-state index in [1.807, 2.05) is 12.1 Å². The van der Waals surface area contributed by atoms with Crippen LogP contribution < -0.4 is 4.90 Å². The average Bonchev–Trinajstić information content (AvgIpc) is 2.55. The molecule has 0 saturated carbocycles. The molecular weight excluding hydrogens is 371 g/mol. The number of fused-ring (bicyclic) bond motifs is 1. The number of nitrogens with zero attached hydrogens (tertiary/aromatic N) is 4. The summed E-state index contributed by atoms with van der Waals surface area (Å²) in [5, 5.41) is 23.8. The molecule has 1 fully saturated rings. The van der Waals surface area contributed by atoms with Gasteiger partial charge in [0.15, 0.2) is 0 Å². The van der Waals surface area contributed by atoms with Crippen molar-refractivity contribution in [3.8, 4) is 0 Å². The molecule has 1 aliphatic rings. The fourth-order valence-corrected chi connectivity index (χ4v) is 2.57. The molecule has 0 radical (unpaired) electrons. The summed E-state index contributed by atoms with van der Waals surface area (Å²) in [7, 11) is 0. The van der Waals surface area contributed by atoms with Crippen molar-refractivity contribution in [1.82, 2.24) is 9.88 Å². The van der Waals surface area contributed by atoms with Crippen molar-refractivity contribution in [3.05, 3.63) is 46.5 Å². The Labute approximate surface area is 158 Å². The molecule has 0 aliphatic carbocycles. The Morgan fingerprint density at radius 3 is 2.28 bits per heavy atom. The van der Waals surface area contributed by atoms with E-state index >= 15 is 0 Å². The summed E-state index contributed by atoms with van der Waals surface area (Å²) in [5.74, 6) is 1.06. The van der Waals surface area contributed by atoms with Gasteiger partial charge in [-0.1, -0.05) is 18.2 Å². The van der Waals surface area contributed by atoms with Crippen LogP contribution in [0.5, 0.6) is 0 Å². The number of benzene rings is 1. The van der Waals surface area contributed by atoms with Crippen LogP contribution in [0.3, 0.4) is 0 Å². The zero-order valence-corrected chi connectivity index (χ0v) is 15.2. The zero-order valence-electron chi connectivity index (χ0n) is 13.5. The first kappa shape index (κ1) is 23.1. The van der Waals surface area contributed by atoms with Crippen LogP contribution in [0, 0.1) is 10.1 Å². The predicted molar refractivity (Wildman–Crippen MR) is 101 cm³/mol. The molecule has 3 rings (SSSR count). The molecule has 8 nitrogen and oxygen atoms in total. The summed E-state index contributed by atoms with van der Waals surface area (Å²) < 4.78 is 0. The van der Waals surface area contributed by atoms with Gasteiger partial charge in [-0.25, -0.2) is 4.98 Å². The Hall–Kier alpha value is -1.87. The van der Waals surface area contributed by atoms with Gasteiger partial charge in [-0.3, -0.25) is 4.90 Å². The van der Waals surface area contributed by atoms with Gasteiger partial charge in [0, 0.05) is 38.1 Å². The van der Waals surface area contributed by atoms with Crippen molar-refractivity contribution in [2.24, 2.45) is 0 Å². The van der Waals surface area contributed by atoms with E-state index in [1.54, 1.807) is 0 Å². The minimum atomic E-state index is -1.50. The van der Waals surface area contributed by atoms with Crippen molar-refractivity contribution < 1.29 is 15.4 Å². The fraction of sp³-hybridized carbons (Fsp3) is 0.400.